The number of para-hydroxylation sites is 1. The number of rotatable bonds is 0. The number of hydrogen-bond donors (Lipinski definition) is 1. The summed E-state index contributed by atoms with van der Waals surface area (Å²) in [4.78, 5) is 3.40. The first-order valence-corrected chi connectivity index (χ1v) is 7.31. The molecule has 0 spiro atoms. The Bertz CT molecular complexity index is 850. The molecule has 4 rings (SSSR count). The monoisotopic (exact) mass is 282 g/mol. The van der Waals surface area contributed by atoms with Crippen molar-refractivity contribution in [2.45, 2.75) is 39.2 Å². The van der Waals surface area contributed by atoms with Gasteiger partial charge < -0.3 is 14.5 Å². The molecule has 1 aromatic carbocycles. The fourth-order valence-corrected chi connectivity index (χ4v) is 3.30. The van der Waals surface area contributed by atoms with E-state index in [-0.39, 0.29) is 11.4 Å². The second-order valence-electron chi connectivity index (χ2n) is 6.72. The molecule has 4 nitrogen and oxygen atoms in total. The minimum absolute atomic E-state index is 0.180. The highest BCUT2D eigenvalue weighted by atomic mass is 16.5. The van der Waals surface area contributed by atoms with Crippen molar-refractivity contribution < 1.29 is 14.1 Å². The van der Waals surface area contributed by atoms with E-state index in [4.69, 9.17) is 4.42 Å². The van der Waals surface area contributed by atoms with Gasteiger partial charge in [0.1, 0.15) is 11.6 Å². The number of fused-ring (bicyclic) bond motifs is 5. The van der Waals surface area contributed by atoms with E-state index in [0.29, 0.717) is 5.69 Å². The molecule has 0 saturated heterocycles. The Morgan fingerprint density at radius 1 is 1.24 bits per heavy atom. The largest absolute Gasteiger partial charge is 0.540 e. The van der Waals surface area contributed by atoms with Gasteiger partial charge in [0.05, 0.1) is 5.41 Å². The minimum Gasteiger partial charge on any atom is -0.540 e. The minimum atomic E-state index is -0.243. The Balaban J connectivity index is 2.03. The first-order valence-electron chi connectivity index (χ1n) is 7.31. The number of H-pyrrole nitrogens is 1. The lowest BCUT2D eigenvalue weighted by Crippen LogP contribution is -2.45. The van der Waals surface area contributed by atoms with Gasteiger partial charge in [-0.25, -0.2) is 0 Å². The van der Waals surface area contributed by atoms with Crippen LogP contribution in [0.1, 0.15) is 32.2 Å². The molecule has 4 heteroatoms. The van der Waals surface area contributed by atoms with E-state index in [1.54, 1.807) is 0 Å². The van der Waals surface area contributed by atoms with Crippen LogP contribution in [0.25, 0.3) is 22.3 Å². The summed E-state index contributed by atoms with van der Waals surface area (Å²) >= 11 is 0. The Morgan fingerprint density at radius 2 is 2.00 bits per heavy atom. The molecular weight excluding hydrogens is 264 g/mol. The van der Waals surface area contributed by atoms with E-state index >= 15 is 0 Å². The third-order valence-corrected chi connectivity index (χ3v) is 4.18. The van der Waals surface area contributed by atoms with Crippen LogP contribution >= 0.6 is 0 Å². The smallest absolute Gasteiger partial charge is 0.252 e. The van der Waals surface area contributed by atoms with Crippen LogP contribution in [-0.2, 0) is 18.4 Å². The molecule has 3 aromatic rings. The molecule has 0 fully saturated rings. The molecular formula is C17H18N2O2. The number of aromatic nitrogens is 2. The quantitative estimate of drug-likeness (QED) is 0.644. The standard InChI is InChI=1S/C17H18N2O2/c1-17(2,3)16-19-9-8-11-10-6-4-5-7-12(10)18-13(11)14(19)15(20)21-16/h4-7,18H,8-9H2,1-3H3. The predicted molar refractivity (Wildman–Crippen MR) is 78.0 cm³/mol. The van der Waals surface area contributed by atoms with Crippen molar-refractivity contribution >= 4 is 10.9 Å². The van der Waals surface area contributed by atoms with Crippen LogP contribution in [-0.4, -0.2) is 4.98 Å². The number of nitrogens with one attached hydrogen (secondary N) is 1. The van der Waals surface area contributed by atoms with Gasteiger partial charge in [-0.05, 0) is 32.4 Å². The molecule has 0 amide bonds. The number of nitrogens with zero attached hydrogens (tertiary/aromatic N) is 1. The van der Waals surface area contributed by atoms with Crippen molar-refractivity contribution in [1.29, 1.82) is 0 Å². The van der Waals surface area contributed by atoms with E-state index < -0.39 is 0 Å². The van der Waals surface area contributed by atoms with Crippen molar-refractivity contribution in [2.75, 3.05) is 0 Å². The van der Waals surface area contributed by atoms with Gasteiger partial charge in [-0.2, -0.15) is 4.57 Å². The fourth-order valence-electron chi connectivity index (χ4n) is 3.30. The Morgan fingerprint density at radius 3 is 2.76 bits per heavy atom. The van der Waals surface area contributed by atoms with Crippen molar-refractivity contribution in [2.24, 2.45) is 0 Å². The van der Waals surface area contributed by atoms with E-state index in [1.165, 1.54) is 10.9 Å². The lowest BCUT2D eigenvalue weighted by atomic mass is 9.95. The van der Waals surface area contributed by atoms with E-state index in [9.17, 15) is 5.11 Å². The molecule has 3 heterocycles. The average Bonchev–Trinajstić information content (AvgIpc) is 2.96. The Kier molecular flexibility index (Phi) is 2.33. The first kappa shape index (κ1) is 12.5. The van der Waals surface area contributed by atoms with Crippen LogP contribution in [0.2, 0.25) is 0 Å². The van der Waals surface area contributed by atoms with Crippen LogP contribution in [0.4, 0.5) is 0 Å². The third kappa shape index (κ3) is 1.65. The van der Waals surface area contributed by atoms with Gasteiger partial charge in [0.15, 0.2) is 6.54 Å². The summed E-state index contributed by atoms with van der Waals surface area (Å²) in [6, 6.07) is 8.20. The summed E-state index contributed by atoms with van der Waals surface area (Å²) in [7, 11) is 0. The molecule has 0 radical (unpaired) electrons. The van der Waals surface area contributed by atoms with Gasteiger partial charge >= 0.3 is 0 Å². The maximum atomic E-state index is 12.4. The molecule has 0 atom stereocenters. The van der Waals surface area contributed by atoms with Crippen LogP contribution in [0.5, 0.6) is 5.95 Å². The molecule has 1 aliphatic rings. The predicted octanol–water partition coefficient (Wildman–Crippen LogP) is 2.64. The normalized spacial score (nSPS) is 14.2. The topological polar surface area (TPSA) is 55.9 Å². The zero-order chi connectivity index (χ0) is 14.8. The van der Waals surface area contributed by atoms with Gasteiger partial charge in [-0.1, -0.05) is 18.2 Å². The SMILES string of the molecule is CC(C)(C)c1oc([O-])c2[n+]1CCc1c-2[nH]c2ccccc12. The average molecular weight is 282 g/mol. The summed E-state index contributed by atoms with van der Waals surface area (Å²) in [6.07, 6.45) is 0.916. The van der Waals surface area contributed by atoms with Gasteiger partial charge in [0, 0.05) is 17.3 Å². The zero-order valence-electron chi connectivity index (χ0n) is 12.5. The number of oxazole rings is 1. The number of aromatic amines is 1. The summed E-state index contributed by atoms with van der Waals surface area (Å²) in [5.74, 6) is 0.513. The number of aryl methyl sites for hydroxylation is 1. The van der Waals surface area contributed by atoms with Gasteiger partial charge in [0.25, 0.3) is 5.69 Å². The van der Waals surface area contributed by atoms with Crippen molar-refractivity contribution in [1.82, 2.24) is 4.98 Å². The summed E-state index contributed by atoms with van der Waals surface area (Å²) in [5, 5.41) is 13.6. The molecule has 0 bridgehead atoms. The molecule has 108 valence electrons. The summed E-state index contributed by atoms with van der Waals surface area (Å²) in [6.45, 7) is 7.00. The van der Waals surface area contributed by atoms with Crippen LogP contribution in [0.15, 0.2) is 28.7 Å². The zero-order valence-corrected chi connectivity index (χ0v) is 12.5. The van der Waals surface area contributed by atoms with Gasteiger partial charge in [-0.3, -0.25) is 0 Å². The second-order valence-corrected chi connectivity index (χ2v) is 6.72. The molecule has 0 aliphatic carbocycles. The molecule has 21 heavy (non-hydrogen) atoms. The van der Waals surface area contributed by atoms with Gasteiger partial charge in [0.2, 0.25) is 5.89 Å². The van der Waals surface area contributed by atoms with Crippen LogP contribution in [0.3, 0.4) is 0 Å². The van der Waals surface area contributed by atoms with Gasteiger partial charge in [-0.15, -0.1) is 0 Å². The molecule has 0 unspecified atom stereocenters. The molecule has 1 N–H and O–H groups in total. The lowest BCUT2D eigenvalue weighted by molar-refractivity contribution is -0.702. The van der Waals surface area contributed by atoms with Crippen molar-refractivity contribution in [3.63, 3.8) is 0 Å². The molecule has 1 aliphatic heterocycles. The highest BCUT2D eigenvalue weighted by Gasteiger charge is 2.36. The Labute approximate surface area is 123 Å². The van der Waals surface area contributed by atoms with Crippen molar-refractivity contribution in [3.05, 3.63) is 35.7 Å². The van der Waals surface area contributed by atoms with E-state index in [2.05, 4.69) is 31.8 Å². The first-order chi connectivity index (χ1) is 9.97. The molecule has 0 saturated carbocycles. The highest BCUT2D eigenvalue weighted by molar-refractivity contribution is 5.90. The maximum Gasteiger partial charge on any atom is 0.252 e. The van der Waals surface area contributed by atoms with Crippen LogP contribution < -0.4 is 9.67 Å². The maximum absolute atomic E-state index is 12.4. The fraction of sp³-hybridized carbons (Fsp3) is 0.353. The summed E-state index contributed by atoms with van der Waals surface area (Å²) in [5.41, 5.74) is 3.71. The Hall–Kier alpha value is -2.23. The summed E-state index contributed by atoms with van der Waals surface area (Å²) < 4.78 is 7.61. The molecule has 2 aromatic heterocycles. The van der Waals surface area contributed by atoms with Crippen LogP contribution in [0, 0.1) is 0 Å². The van der Waals surface area contributed by atoms with E-state index in [1.807, 2.05) is 22.8 Å². The number of hydrogen-bond acceptors (Lipinski definition) is 2. The van der Waals surface area contributed by atoms with Crippen molar-refractivity contribution in [3.8, 4) is 17.3 Å². The lowest BCUT2D eigenvalue weighted by Gasteiger charge is -2.17. The third-order valence-electron chi connectivity index (χ3n) is 4.18. The number of benzene rings is 1. The van der Waals surface area contributed by atoms with E-state index in [0.717, 1.165) is 30.1 Å². The highest BCUT2D eigenvalue weighted by Crippen LogP contribution is 2.38. The second kappa shape index (κ2) is 3.91.